The molecule has 21 heavy (non-hydrogen) atoms. The Morgan fingerprint density at radius 1 is 1.52 bits per heavy atom. The summed E-state index contributed by atoms with van der Waals surface area (Å²) in [6, 6.07) is 1.25. The highest BCUT2D eigenvalue weighted by molar-refractivity contribution is 5.97. The van der Waals surface area contributed by atoms with E-state index in [4.69, 9.17) is 9.47 Å². The summed E-state index contributed by atoms with van der Waals surface area (Å²) < 4.78 is 11.8. The average Bonchev–Trinajstić information content (AvgIpc) is 2.50. The number of ether oxygens (including phenoxy) is 2. The van der Waals surface area contributed by atoms with Crippen molar-refractivity contribution < 1.29 is 19.1 Å². The molecule has 1 amide bonds. The summed E-state index contributed by atoms with van der Waals surface area (Å²) in [6.07, 6.45) is 1.27. The quantitative estimate of drug-likeness (QED) is 0.741. The zero-order chi connectivity index (χ0) is 15.0. The zero-order valence-corrected chi connectivity index (χ0v) is 11.5. The molecule has 1 aromatic rings. The number of morpholine rings is 1. The first kappa shape index (κ1) is 13.6. The predicted molar refractivity (Wildman–Crippen MR) is 71.6 cm³/mol. The van der Waals surface area contributed by atoms with Gasteiger partial charge >= 0.3 is 5.97 Å². The summed E-state index contributed by atoms with van der Waals surface area (Å²) in [7, 11) is 0. The van der Waals surface area contributed by atoms with Crippen LogP contribution in [0.15, 0.2) is 17.1 Å². The van der Waals surface area contributed by atoms with E-state index in [-0.39, 0.29) is 29.9 Å². The molecule has 1 saturated heterocycles. The maximum atomic E-state index is 12.6. The number of carbonyl (C=O) groups excluding carboxylic acids is 2. The minimum atomic E-state index is -0.557. The number of nitrogens with one attached hydrogen (secondary N) is 1. The standard InChI is InChI=1S/C13H15N3O5/c1-2-10(18)21-12-8(17)3-4-16-11(12)13(19)15-5-6-20-7-9(15)14-16/h3-4,9,14H,2,5-7H2,1H3. The maximum Gasteiger partial charge on any atom is 0.311 e. The van der Waals surface area contributed by atoms with E-state index in [2.05, 4.69) is 5.43 Å². The molecule has 8 nitrogen and oxygen atoms in total. The molecule has 0 saturated carbocycles. The number of esters is 1. The van der Waals surface area contributed by atoms with E-state index in [1.54, 1.807) is 11.8 Å². The minimum absolute atomic E-state index is 0.0439. The zero-order valence-electron chi connectivity index (χ0n) is 11.5. The molecule has 2 aliphatic heterocycles. The first-order valence-corrected chi connectivity index (χ1v) is 6.73. The highest BCUT2D eigenvalue weighted by Gasteiger charge is 2.37. The van der Waals surface area contributed by atoms with E-state index >= 15 is 0 Å². The molecule has 0 aromatic carbocycles. The summed E-state index contributed by atoms with van der Waals surface area (Å²) >= 11 is 0. The van der Waals surface area contributed by atoms with E-state index < -0.39 is 11.4 Å². The number of nitrogens with zero attached hydrogens (tertiary/aromatic N) is 2. The summed E-state index contributed by atoms with van der Waals surface area (Å²) in [4.78, 5) is 37.6. The lowest BCUT2D eigenvalue weighted by Gasteiger charge is -2.41. The Labute approximate surface area is 120 Å². The summed E-state index contributed by atoms with van der Waals surface area (Å²) in [6.45, 7) is 2.83. The van der Waals surface area contributed by atoms with Crippen LogP contribution in [0.5, 0.6) is 5.75 Å². The highest BCUT2D eigenvalue weighted by atomic mass is 16.5. The SMILES string of the molecule is CCC(=O)Oc1c2n(ccc1=O)NC1COCCN1C2=O. The number of hydrogen-bond acceptors (Lipinski definition) is 6. The van der Waals surface area contributed by atoms with Gasteiger partial charge in [-0.1, -0.05) is 6.92 Å². The fraction of sp³-hybridized carbons (Fsp3) is 0.462. The third-order valence-corrected chi connectivity index (χ3v) is 3.44. The van der Waals surface area contributed by atoms with Crippen molar-refractivity contribution in [1.29, 1.82) is 0 Å². The number of amides is 1. The number of aromatic nitrogens is 1. The van der Waals surface area contributed by atoms with Crippen LogP contribution in [-0.2, 0) is 9.53 Å². The number of rotatable bonds is 2. The summed E-state index contributed by atoms with van der Waals surface area (Å²) in [5.41, 5.74) is 2.60. The van der Waals surface area contributed by atoms with Crippen molar-refractivity contribution in [2.45, 2.75) is 19.5 Å². The predicted octanol–water partition coefficient (Wildman–Crippen LogP) is -0.481. The Bertz CT molecular complexity index is 654. The first-order valence-electron chi connectivity index (χ1n) is 6.73. The molecule has 1 aromatic heterocycles. The van der Waals surface area contributed by atoms with Crippen molar-refractivity contribution in [2.24, 2.45) is 0 Å². The number of carbonyl (C=O) groups is 2. The number of hydrogen-bond donors (Lipinski definition) is 1. The van der Waals surface area contributed by atoms with Crippen molar-refractivity contribution in [1.82, 2.24) is 9.58 Å². The van der Waals surface area contributed by atoms with Crippen molar-refractivity contribution in [2.75, 3.05) is 25.2 Å². The van der Waals surface area contributed by atoms with Gasteiger partial charge in [-0.15, -0.1) is 0 Å². The van der Waals surface area contributed by atoms with Gasteiger partial charge in [0.05, 0.1) is 13.2 Å². The summed E-state index contributed by atoms with van der Waals surface area (Å²) in [5, 5.41) is 0. The second-order valence-electron chi connectivity index (χ2n) is 4.77. The van der Waals surface area contributed by atoms with E-state index in [1.807, 2.05) is 0 Å². The van der Waals surface area contributed by atoms with Crippen molar-refractivity contribution >= 4 is 11.9 Å². The molecule has 0 spiro atoms. The maximum absolute atomic E-state index is 12.6. The van der Waals surface area contributed by atoms with E-state index in [9.17, 15) is 14.4 Å². The van der Waals surface area contributed by atoms with Gasteiger partial charge < -0.3 is 19.8 Å². The van der Waals surface area contributed by atoms with Gasteiger partial charge in [0.15, 0.2) is 5.69 Å². The number of fused-ring (bicyclic) bond motifs is 2. The van der Waals surface area contributed by atoms with Gasteiger partial charge in [-0.05, 0) is 0 Å². The van der Waals surface area contributed by atoms with Gasteiger partial charge in [-0.25, -0.2) is 0 Å². The van der Waals surface area contributed by atoms with Gasteiger partial charge in [0.25, 0.3) is 5.91 Å². The van der Waals surface area contributed by atoms with Crippen molar-refractivity contribution in [3.63, 3.8) is 0 Å². The van der Waals surface area contributed by atoms with Gasteiger partial charge in [-0.2, -0.15) is 0 Å². The lowest BCUT2D eigenvalue weighted by molar-refractivity contribution is -0.134. The minimum Gasteiger partial charge on any atom is -0.420 e. The van der Waals surface area contributed by atoms with E-state index in [1.165, 1.54) is 16.9 Å². The van der Waals surface area contributed by atoms with Gasteiger partial charge in [0.1, 0.15) is 6.17 Å². The molecule has 8 heteroatoms. The topological polar surface area (TPSA) is 89.9 Å². The molecule has 112 valence electrons. The van der Waals surface area contributed by atoms with Crippen LogP contribution >= 0.6 is 0 Å². The first-order chi connectivity index (χ1) is 10.1. The smallest absolute Gasteiger partial charge is 0.311 e. The van der Waals surface area contributed by atoms with E-state index in [0.717, 1.165) is 0 Å². The van der Waals surface area contributed by atoms with Crippen molar-refractivity contribution in [3.8, 4) is 5.75 Å². The molecule has 0 bridgehead atoms. The van der Waals surface area contributed by atoms with Gasteiger partial charge in [0, 0.05) is 25.2 Å². The Balaban J connectivity index is 2.06. The molecule has 3 heterocycles. The third-order valence-electron chi connectivity index (χ3n) is 3.44. The molecule has 2 aliphatic rings. The van der Waals surface area contributed by atoms with E-state index in [0.29, 0.717) is 19.8 Å². The van der Waals surface area contributed by atoms with Crippen LogP contribution in [0.25, 0.3) is 0 Å². The Kier molecular flexibility index (Phi) is 3.38. The Morgan fingerprint density at radius 3 is 3.10 bits per heavy atom. The Hall–Kier alpha value is -2.35. The molecule has 1 fully saturated rings. The van der Waals surface area contributed by atoms with Gasteiger partial charge in [-0.3, -0.25) is 19.1 Å². The van der Waals surface area contributed by atoms with Crippen LogP contribution in [0, 0.1) is 0 Å². The molecular weight excluding hydrogens is 278 g/mol. The molecule has 3 rings (SSSR count). The number of pyridine rings is 1. The molecule has 1 N–H and O–H groups in total. The van der Waals surface area contributed by atoms with Crippen molar-refractivity contribution in [3.05, 3.63) is 28.2 Å². The van der Waals surface area contributed by atoms with Crippen LogP contribution in [0.3, 0.4) is 0 Å². The Morgan fingerprint density at radius 2 is 2.33 bits per heavy atom. The lowest BCUT2D eigenvalue weighted by atomic mass is 10.2. The third kappa shape index (κ3) is 2.27. The largest absolute Gasteiger partial charge is 0.420 e. The van der Waals surface area contributed by atoms with Crippen LogP contribution in [-0.4, -0.2) is 47.4 Å². The van der Waals surface area contributed by atoms with Crippen LogP contribution in [0.4, 0.5) is 0 Å². The normalized spacial score (nSPS) is 20.3. The molecule has 0 radical (unpaired) electrons. The summed E-state index contributed by atoms with van der Waals surface area (Å²) in [5.74, 6) is -1.14. The lowest BCUT2D eigenvalue weighted by Crippen LogP contribution is -2.59. The highest BCUT2D eigenvalue weighted by Crippen LogP contribution is 2.22. The molecule has 1 unspecified atom stereocenters. The second kappa shape index (κ2) is 5.21. The average molecular weight is 293 g/mol. The van der Waals surface area contributed by atoms with Gasteiger partial charge in [0.2, 0.25) is 11.2 Å². The van der Waals surface area contributed by atoms with Crippen LogP contribution in [0.1, 0.15) is 23.8 Å². The molecule has 0 aliphatic carbocycles. The van der Waals surface area contributed by atoms with Crippen LogP contribution < -0.4 is 15.6 Å². The molecular formula is C13H15N3O5. The fourth-order valence-electron chi connectivity index (χ4n) is 2.36. The second-order valence-corrected chi connectivity index (χ2v) is 4.77. The fourth-order valence-corrected chi connectivity index (χ4v) is 2.36. The monoisotopic (exact) mass is 293 g/mol. The molecule has 1 atom stereocenters. The van der Waals surface area contributed by atoms with Crippen LogP contribution in [0.2, 0.25) is 0 Å².